The van der Waals surface area contributed by atoms with Gasteiger partial charge >= 0.3 is 0 Å². The molecule has 11 rings (SSSR count). The highest BCUT2D eigenvalue weighted by Crippen LogP contribution is 2.42. The number of para-hydroxylation sites is 1. The highest BCUT2D eigenvalue weighted by molar-refractivity contribution is 6.10. The molecule has 9 aromatic rings. The van der Waals surface area contributed by atoms with E-state index in [2.05, 4.69) is 185 Å². The van der Waals surface area contributed by atoms with Crippen LogP contribution in [0, 0.1) is 0 Å². The monoisotopic (exact) mass is 720 g/mol. The number of rotatable bonds is 6. The zero-order valence-corrected chi connectivity index (χ0v) is 31.7. The third-order valence-corrected chi connectivity index (χ3v) is 12.6. The molecule has 0 aliphatic heterocycles. The van der Waals surface area contributed by atoms with Gasteiger partial charge in [0.15, 0.2) is 0 Å². The number of aryl methyl sites for hydroxylation is 1. The lowest BCUT2D eigenvalue weighted by Gasteiger charge is -2.27. The fraction of sp³-hybridized carbons (Fsp3) is 0.148. The van der Waals surface area contributed by atoms with Crippen molar-refractivity contribution in [3.63, 3.8) is 0 Å². The van der Waals surface area contributed by atoms with Crippen LogP contribution in [0.1, 0.15) is 55.0 Å². The number of benzene rings is 7. The second kappa shape index (κ2) is 13.7. The van der Waals surface area contributed by atoms with Crippen LogP contribution in [0.2, 0.25) is 0 Å². The van der Waals surface area contributed by atoms with Gasteiger partial charge in [0.2, 0.25) is 0 Å². The topological polar surface area (TPSA) is 9.86 Å². The summed E-state index contributed by atoms with van der Waals surface area (Å²) in [6.45, 7) is 0. The van der Waals surface area contributed by atoms with E-state index in [1.54, 1.807) is 11.3 Å². The van der Waals surface area contributed by atoms with E-state index in [4.69, 9.17) is 0 Å². The van der Waals surface area contributed by atoms with E-state index in [9.17, 15) is 0 Å². The maximum atomic E-state index is 2.74. The molecule has 270 valence electrons. The lowest BCUT2D eigenvalue weighted by Crippen LogP contribution is -2.15. The molecule has 0 spiro atoms. The van der Waals surface area contributed by atoms with Crippen molar-refractivity contribution in [3.8, 4) is 39.1 Å². The lowest BCUT2D eigenvalue weighted by atomic mass is 9.89. The molecular weight excluding hydrogens is 677 g/mol. The van der Waals surface area contributed by atoms with E-state index < -0.39 is 0 Å². The summed E-state index contributed by atoms with van der Waals surface area (Å²) in [6.07, 6.45) is 11.0. The fourth-order valence-corrected chi connectivity index (χ4v) is 9.87. The van der Waals surface area contributed by atoms with Crippen molar-refractivity contribution in [3.05, 3.63) is 193 Å². The summed E-state index contributed by atoms with van der Waals surface area (Å²) in [4.78, 5) is 0. The van der Waals surface area contributed by atoms with Crippen LogP contribution < -0.4 is 0 Å². The summed E-state index contributed by atoms with van der Waals surface area (Å²) in [5.41, 5.74) is 18.6. The predicted molar refractivity (Wildman–Crippen MR) is 237 cm³/mol. The van der Waals surface area contributed by atoms with Crippen LogP contribution in [0.15, 0.2) is 176 Å². The van der Waals surface area contributed by atoms with Gasteiger partial charge in [-0.05, 0) is 137 Å². The van der Waals surface area contributed by atoms with Crippen LogP contribution in [0.5, 0.6) is 0 Å². The van der Waals surface area contributed by atoms with Gasteiger partial charge in [0.05, 0.1) is 17.1 Å². The molecular formula is C54H44N2. The van der Waals surface area contributed by atoms with E-state index in [0.29, 0.717) is 6.04 Å². The molecule has 2 heterocycles. The van der Waals surface area contributed by atoms with Crippen LogP contribution >= 0.6 is 0 Å². The van der Waals surface area contributed by atoms with Crippen molar-refractivity contribution in [2.75, 3.05) is 0 Å². The minimum Gasteiger partial charge on any atom is -0.337 e. The molecule has 0 radical (unpaired) electrons. The van der Waals surface area contributed by atoms with Crippen molar-refractivity contribution in [1.82, 2.24) is 9.13 Å². The average molecular weight is 721 g/mol. The molecule has 2 heteroatoms. The summed E-state index contributed by atoms with van der Waals surface area (Å²) in [5.74, 6) is 0. The van der Waals surface area contributed by atoms with E-state index in [1.807, 2.05) is 0 Å². The average Bonchev–Trinajstić information content (AvgIpc) is 3.79. The van der Waals surface area contributed by atoms with Crippen molar-refractivity contribution in [1.29, 1.82) is 0 Å². The molecule has 0 bridgehead atoms. The van der Waals surface area contributed by atoms with E-state index in [1.165, 1.54) is 121 Å². The van der Waals surface area contributed by atoms with Crippen LogP contribution in [0.3, 0.4) is 0 Å². The quantitative estimate of drug-likeness (QED) is 0.162. The molecule has 2 nitrogen and oxygen atoms in total. The molecule has 56 heavy (non-hydrogen) atoms. The molecule has 2 aliphatic carbocycles. The molecule has 0 amide bonds. The van der Waals surface area contributed by atoms with Crippen LogP contribution in [-0.2, 0) is 12.8 Å². The van der Waals surface area contributed by atoms with Crippen LogP contribution in [0.25, 0.3) is 77.3 Å². The molecule has 1 atom stereocenters. The molecule has 1 unspecified atom stereocenters. The van der Waals surface area contributed by atoms with Gasteiger partial charge in [-0.3, -0.25) is 0 Å². The summed E-state index contributed by atoms with van der Waals surface area (Å²) in [7, 11) is 0. The summed E-state index contributed by atoms with van der Waals surface area (Å²) >= 11 is 0. The third kappa shape index (κ3) is 5.63. The molecule has 2 aliphatic rings. The highest BCUT2D eigenvalue weighted by Gasteiger charge is 2.26. The second-order valence-corrected chi connectivity index (χ2v) is 15.8. The molecule has 0 saturated heterocycles. The minimum atomic E-state index is 0.380. The Morgan fingerprint density at radius 1 is 0.393 bits per heavy atom. The number of hydrogen-bond acceptors (Lipinski definition) is 0. The standard InChI is InChI=1S/C54H44N2/c1-3-13-37(14-4-1)39-25-27-40(28-26-39)42-18-12-20-46(34-42)56-52-24-10-8-22-48(52)50-36-44(30-32-54(50)56)43-29-31-53-49(35-43)47-21-7-9-23-51(47)55(53)45-19-11-17-41(33-45)38-15-5-2-6-16-38/h1-7,9,11,13-17,19,21,23,25-36,46H,8,10,12,18,20,22,24H2. The van der Waals surface area contributed by atoms with Crippen molar-refractivity contribution >= 4 is 38.3 Å². The first-order valence-electron chi connectivity index (χ1n) is 20.5. The number of fused-ring (bicyclic) bond motifs is 6. The smallest absolute Gasteiger partial charge is 0.0541 e. The Labute approximate surface area is 329 Å². The maximum Gasteiger partial charge on any atom is 0.0541 e. The Balaban J connectivity index is 0.980. The number of allylic oxidation sites excluding steroid dienone is 2. The molecule has 0 fully saturated rings. The Kier molecular flexibility index (Phi) is 8.09. The molecule has 7 aromatic carbocycles. The first-order chi connectivity index (χ1) is 27.8. The predicted octanol–water partition coefficient (Wildman–Crippen LogP) is 14.4. The van der Waals surface area contributed by atoms with Gasteiger partial charge in [0.1, 0.15) is 0 Å². The highest BCUT2D eigenvalue weighted by atomic mass is 15.0. The summed E-state index contributed by atoms with van der Waals surface area (Å²) < 4.78 is 5.18. The van der Waals surface area contributed by atoms with Crippen LogP contribution in [0.4, 0.5) is 0 Å². The van der Waals surface area contributed by atoms with Gasteiger partial charge in [-0.1, -0.05) is 133 Å². The van der Waals surface area contributed by atoms with Gasteiger partial charge < -0.3 is 9.13 Å². The number of hydrogen-bond donors (Lipinski definition) is 0. The van der Waals surface area contributed by atoms with Crippen molar-refractivity contribution < 1.29 is 0 Å². The minimum absolute atomic E-state index is 0.380. The van der Waals surface area contributed by atoms with Gasteiger partial charge in [-0.25, -0.2) is 0 Å². The van der Waals surface area contributed by atoms with Gasteiger partial charge in [-0.2, -0.15) is 0 Å². The second-order valence-electron chi connectivity index (χ2n) is 15.8. The molecule has 0 saturated carbocycles. The SMILES string of the molecule is C1=C(c2ccc(-c3ccccc3)cc2)CCCC1n1c2c(c3cc(-c4ccc5c(c4)c4ccccc4n5-c4cccc(-c5ccccc5)c4)ccc31)CCCC2. The zero-order chi connectivity index (χ0) is 37.0. The van der Waals surface area contributed by atoms with E-state index >= 15 is 0 Å². The number of aromatic nitrogens is 2. The summed E-state index contributed by atoms with van der Waals surface area (Å²) in [5, 5.41) is 4.03. The third-order valence-electron chi connectivity index (χ3n) is 12.6. The van der Waals surface area contributed by atoms with Gasteiger partial charge in [-0.15, -0.1) is 0 Å². The maximum absolute atomic E-state index is 2.74. The van der Waals surface area contributed by atoms with E-state index in [0.717, 1.165) is 6.42 Å². The number of nitrogens with zero attached hydrogens (tertiary/aromatic N) is 2. The first-order valence-corrected chi connectivity index (χ1v) is 20.5. The zero-order valence-electron chi connectivity index (χ0n) is 31.7. The Bertz CT molecular complexity index is 2920. The lowest BCUT2D eigenvalue weighted by molar-refractivity contribution is 0.508. The molecule has 2 aromatic heterocycles. The Hall–Kier alpha value is -6.38. The van der Waals surface area contributed by atoms with Crippen LogP contribution in [-0.4, -0.2) is 9.13 Å². The van der Waals surface area contributed by atoms with E-state index in [-0.39, 0.29) is 0 Å². The van der Waals surface area contributed by atoms with Crippen molar-refractivity contribution in [2.45, 2.75) is 51.0 Å². The Morgan fingerprint density at radius 3 is 1.79 bits per heavy atom. The first kappa shape index (κ1) is 33.0. The summed E-state index contributed by atoms with van der Waals surface area (Å²) in [6, 6.07) is 63.3. The van der Waals surface area contributed by atoms with Gasteiger partial charge in [0.25, 0.3) is 0 Å². The molecule has 0 N–H and O–H groups in total. The largest absolute Gasteiger partial charge is 0.337 e. The van der Waals surface area contributed by atoms with Gasteiger partial charge in [0, 0.05) is 33.1 Å². The fourth-order valence-electron chi connectivity index (χ4n) is 9.87. The van der Waals surface area contributed by atoms with Crippen molar-refractivity contribution in [2.24, 2.45) is 0 Å². The normalized spacial score (nSPS) is 15.6. The Morgan fingerprint density at radius 2 is 0.982 bits per heavy atom.